The van der Waals surface area contributed by atoms with Crippen LogP contribution in [0.3, 0.4) is 0 Å². The molecule has 120 valence electrons. The van der Waals surface area contributed by atoms with Crippen LogP contribution in [0.2, 0.25) is 0 Å². The van der Waals surface area contributed by atoms with Gasteiger partial charge in [0.1, 0.15) is 5.82 Å². The fourth-order valence-electron chi connectivity index (χ4n) is 3.48. The summed E-state index contributed by atoms with van der Waals surface area (Å²) in [5.74, 6) is 1.16. The third-order valence-corrected chi connectivity index (χ3v) is 6.23. The Morgan fingerprint density at radius 2 is 2.00 bits per heavy atom. The lowest BCUT2D eigenvalue weighted by molar-refractivity contribution is 0.158. The number of para-hydroxylation sites is 2. The Labute approximate surface area is 140 Å². The molecule has 0 amide bonds. The van der Waals surface area contributed by atoms with E-state index in [2.05, 4.69) is 58.1 Å². The van der Waals surface area contributed by atoms with Crippen LogP contribution in [0, 0.1) is 0 Å². The van der Waals surface area contributed by atoms with E-state index in [-0.39, 0.29) is 5.41 Å². The lowest BCUT2D eigenvalue weighted by atomic mass is 9.81. The molecule has 1 fully saturated rings. The van der Waals surface area contributed by atoms with Gasteiger partial charge in [0.05, 0.1) is 22.6 Å². The van der Waals surface area contributed by atoms with E-state index in [9.17, 15) is 0 Å². The van der Waals surface area contributed by atoms with Gasteiger partial charge in [0, 0.05) is 24.0 Å². The van der Waals surface area contributed by atoms with Gasteiger partial charge < -0.3 is 4.57 Å². The number of rotatable bonds is 3. The molecule has 5 heteroatoms. The van der Waals surface area contributed by atoms with E-state index in [0.717, 1.165) is 31.0 Å². The van der Waals surface area contributed by atoms with E-state index in [1.807, 2.05) is 6.20 Å². The summed E-state index contributed by atoms with van der Waals surface area (Å²) in [4.78, 5) is 11.9. The molecule has 3 aromatic rings. The lowest BCUT2D eigenvalue weighted by Gasteiger charge is -2.37. The van der Waals surface area contributed by atoms with Gasteiger partial charge in [0.2, 0.25) is 0 Å². The first kappa shape index (κ1) is 14.8. The summed E-state index contributed by atoms with van der Waals surface area (Å²) in [7, 11) is 2.12. The van der Waals surface area contributed by atoms with Crippen molar-refractivity contribution in [3.63, 3.8) is 0 Å². The molecule has 4 nitrogen and oxygen atoms in total. The highest BCUT2D eigenvalue weighted by Crippen LogP contribution is 2.36. The molecule has 1 aliphatic heterocycles. The van der Waals surface area contributed by atoms with Gasteiger partial charge in [-0.2, -0.15) is 0 Å². The molecule has 0 spiro atoms. The van der Waals surface area contributed by atoms with E-state index >= 15 is 0 Å². The van der Waals surface area contributed by atoms with E-state index < -0.39 is 0 Å². The molecule has 2 aromatic heterocycles. The van der Waals surface area contributed by atoms with Crippen LogP contribution in [0.1, 0.15) is 30.6 Å². The highest BCUT2D eigenvalue weighted by atomic mass is 32.1. The number of hydrogen-bond acceptors (Lipinski definition) is 4. The molecule has 0 radical (unpaired) electrons. The summed E-state index contributed by atoms with van der Waals surface area (Å²) in [6.07, 6.45) is 4.27. The van der Waals surface area contributed by atoms with E-state index in [1.54, 1.807) is 11.3 Å². The largest absolute Gasteiger partial charge is 0.330 e. The highest BCUT2D eigenvalue weighted by molar-refractivity contribution is 7.09. The molecule has 1 saturated heterocycles. The lowest BCUT2D eigenvalue weighted by Crippen LogP contribution is -2.40. The standard InChI is InChI=1S/C18H22N4S/c1-18(17-19-9-12-23-17)7-10-22(11-8-18)13-16-20-14-5-3-4-6-15(14)21(16)2/h3-6,9,12H,7-8,10-11,13H2,1-2H3. The minimum Gasteiger partial charge on any atom is -0.330 e. The van der Waals surface area contributed by atoms with Gasteiger partial charge in [-0.15, -0.1) is 11.3 Å². The molecule has 0 unspecified atom stereocenters. The van der Waals surface area contributed by atoms with Crippen LogP contribution in [0.5, 0.6) is 0 Å². The highest BCUT2D eigenvalue weighted by Gasteiger charge is 2.34. The topological polar surface area (TPSA) is 34.0 Å². The predicted molar refractivity (Wildman–Crippen MR) is 94.7 cm³/mol. The van der Waals surface area contributed by atoms with Crippen molar-refractivity contribution in [1.82, 2.24) is 19.4 Å². The zero-order chi connectivity index (χ0) is 15.9. The Bertz CT molecular complexity index is 798. The number of aromatic nitrogens is 3. The van der Waals surface area contributed by atoms with E-state index in [4.69, 9.17) is 4.98 Å². The van der Waals surface area contributed by atoms with Gasteiger partial charge in [-0.25, -0.2) is 9.97 Å². The normalized spacial score (nSPS) is 18.5. The van der Waals surface area contributed by atoms with Crippen molar-refractivity contribution in [2.45, 2.75) is 31.7 Å². The second-order valence-electron chi connectivity index (χ2n) is 6.75. The van der Waals surface area contributed by atoms with Crippen LogP contribution in [0.4, 0.5) is 0 Å². The number of thiazole rings is 1. The third kappa shape index (κ3) is 2.68. The first-order valence-corrected chi connectivity index (χ1v) is 9.06. The zero-order valence-electron chi connectivity index (χ0n) is 13.7. The maximum absolute atomic E-state index is 4.80. The minimum absolute atomic E-state index is 0.247. The number of imidazole rings is 1. The van der Waals surface area contributed by atoms with E-state index in [1.165, 1.54) is 23.4 Å². The summed E-state index contributed by atoms with van der Waals surface area (Å²) < 4.78 is 2.23. The van der Waals surface area contributed by atoms with Crippen molar-refractivity contribution in [1.29, 1.82) is 0 Å². The predicted octanol–water partition coefficient (Wildman–Crippen LogP) is 3.58. The Balaban J connectivity index is 1.47. The molecule has 1 aromatic carbocycles. The van der Waals surface area contributed by atoms with Crippen molar-refractivity contribution in [3.8, 4) is 0 Å². The van der Waals surface area contributed by atoms with Gasteiger partial charge in [-0.05, 0) is 38.1 Å². The van der Waals surface area contributed by atoms with Gasteiger partial charge >= 0.3 is 0 Å². The monoisotopic (exact) mass is 326 g/mol. The molecular formula is C18H22N4S. The average molecular weight is 326 g/mol. The summed E-state index contributed by atoms with van der Waals surface area (Å²) in [6.45, 7) is 5.51. The summed E-state index contributed by atoms with van der Waals surface area (Å²) in [6, 6.07) is 8.36. The molecule has 0 N–H and O–H groups in total. The molecule has 0 bridgehead atoms. The second kappa shape index (κ2) is 5.73. The Hall–Kier alpha value is -1.72. The Kier molecular flexibility index (Phi) is 3.70. The van der Waals surface area contributed by atoms with E-state index in [0.29, 0.717) is 0 Å². The summed E-state index contributed by atoms with van der Waals surface area (Å²) >= 11 is 1.79. The van der Waals surface area contributed by atoms with Crippen molar-refractivity contribution in [2.75, 3.05) is 13.1 Å². The van der Waals surface area contributed by atoms with Gasteiger partial charge in [0.15, 0.2) is 0 Å². The quantitative estimate of drug-likeness (QED) is 0.738. The third-order valence-electron chi connectivity index (χ3n) is 5.15. The maximum atomic E-state index is 4.80. The summed E-state index contributed by atoms with van der Waals surface area (Å²) in [5.41, 5.74) is 2.55. The van der Waals surface area contributed by atoms with Crippen LogP contribution < -0.4 is 0 Å². The molecule has 0 atom stereocenters. The maximum Gasteiger partial charge on any atom is 0.123 e. The Morgan fingerprint density at radius 3 is 2.70 bits per heavy atom. The van der Waals surface area contributed by atoms with Crippen molar-refractivity contribution in [3.05, 3.63) is 46.7 Å². The number of likely N-dealkylation sites (tertiary alicyclic amines) is 1. The molecule has 1 aliphatic rings. The first-order chi connectivity index (χ1) is 11.2. The molecule has 0 saturated carbocycles. The first-order valence-electron chi connectivity index (χ1n) is 8.18. The SMILES string of the molecule is Cn1c(CN2CCC(C)(c3nccs3)CC2)nc2ccccc21. The number of aryl methyl sites for hydroxylation is 1. The molecule has 4 rings (SSSR count). The molecular weight excluding hydrogens is 304 g/mol. The van der Waals surface area contributed by atoms with Crippen LogP contribution in [0.25, 0.3) is 11.0 Å². The molecule has 23 heavy (non-hydrogen) atoms. The van der Waals surface area contributed by atoms with Gasteiger partial charge in [-0.1, -0.05) is 19.1 Å². The average Bonchev–Trinajstić information content (AvgIpc) is 3.20. The number of hydrogen-bond donors (Lipinski definition) is 0. The fraction of sp³-hybridized carbons (Fsp3) is 0.444. The number of benzene rings is 1. The van der Waals surface area contributed by atoms with Crippen molar-refractivity contribution >= 4 is 22.4 Å². The van der Waals surface area contributed by atoms with Crippen LogP contribution in [-0.4, -0.2) is 32.5 Å². The molecule has 3 heterocycles. The smallest absolute Gasteiger partial charge is 0.123 e. The second-order valence-corrected chi connectivity index (χ2v) is 7.64. The molecule has 0 aliphatic carbocycles. The number of fused-ring (bicyclic) bond motifs is 1. The van der Waals surface area contributed by atoms with Crippen LogP contribution in [0.15, 0.2) is 35.8 Å². The van der Waals surface area contributed by atoms with Crippen LogP contribution in [-0.2, 0) is 19.0 Å². The van der Waals surface area contributed by atoms with Gasteiger partial charge in [-0.3, -0.25) is 4.90 Å². The number of nitrogens with zero attached hydrogens (tertiary/aromatic N) is 4. The van der Waals surface area contributed by atoms with Gasteiger partial charge in [0.25, 0.3) is 0 Å². The Morgan fingerprint density at radius 1 is 1.22 bits per heavy atom. The van der Waals surface area contributed by atoms with Crippen molar-refractivity contribution in [2.24, 2.45) is 7.05 Å². The zero-order valence-corrected chi connectivity index (χ0v) is 14.5. The minimum atomic E-state index is 0.247. The summed E-state index contributed by atoms with van der Waals surface area (Å²) in [5, 5.41) is 3.38. The fourth-order valence-corrected chi connectivity index (χ4v) is 4.34. The van der Waals surface area contributed by atoms with Crippen molar-refractivity contribution < 1.29 is 0 Å². The number of piperidine rings is 1. The van der Waals surface area contributed by atoms with Crippen LogP contribution >= 0.6 is 11.3 Å².